The highest BCUT2D eigenvalue weighted by molar-refractivity contribution is 7.11. The molecule has 0 unspecified atom stereocenters. The molecule has 0 fully saturated rings. The van der Waals surface area contributed by atoms with E-state index in [0.717, 1.165) is 28.4 Å². The lowest BCUT2D eigenvalue weighted by Gasteiger charge is -2.21. The zero-order valence-corrected chi connectivity index (χ0v) is 12.7. The Morgan fingerprint density at radius 3 is 2.68 bits per heavy atom. The number of thiazole rings is 1. The predicted molar refractivity (Wildman–Crippen MR) is 77.4 cm³/mol. The van der Waals surface area contributed by atoms with Gasteiger partial charge in [0.15, 0.2) is 0 Å². The molecule has 1 heterocycles. The number of aromatic nitrogens is 1. The van der Waals surface area contributed by atoms with Crippen LogP contribution in [0.5, 0.6) is 0 Å². The molecule has 6 heteroatoms. The van der Waals surface area contributed by atoms with E-state index in [1.54, 1.807) is 16.2 Å². The number of hydrogen-bond acceptors (Lipinski definition) is 4. The second kappa shape index (κ2) is 8.12. The Hall–Kier alpha value is -1.14. The number of unbranched alkanes of at least 4 members (excludes halogenated alkanes) is 1. The van der Waals surface area contributed by atoms with Gasteiger partial charge in [-0.1, -0.05) is 13.3 Å². The number of amides is 2. The van der Waals surface area contributed by atoms with Crippen LogP contribution < -0.4 is 5.32 Å². The van der Waals surface area contributed by atoms with Crippen LogP contribution in [-0.4, -0.2) is 40.7 Å². The van der Waals surface area contributed by atoms with E-state index in [0.29, 0.717) is 19.6 Å². The number of nitrogens with zero attached hydrogens (tertiary/aromatic N) is 2. The van der Waals surface area contributed by atoms with Crippen molar-refractivity contribution in [1.29, 1.82) is 0 Å². The minimum Gasteiger partial charge on any atom is -0.395 e. The normalized spacial score (nSPS) is 10.5. The smallest absolute Gasteiger partial charge is 0.317 e. The van der Waals surface area contributed by atoms with Gasteiger partial charge in [-0.15, -0.1) is 11.3 Å². The topological polar surface area (TPSA) is 65.5 Å². The first kappa shape index (κ1) is 15.9. The minimum absolute atomic E-state index is 0.00797. The van der Waals surface area contributed by atoms with E-state index < -0.39 is 0 Å². The van der Waals surface area contributed by atoms with Gasteiger partial charge in [0.1, 0.15) is 0 Å². The lowest BCUT2D eigenvalue weighted by molar-refractivity contribution is 0.176. The van der Waals surface area contributed by atoms with Gasteiger partial charge in [0.2, 0.25) is 0 Å². The molecule has 0 aliphatic heterocycles. The van der Waals surface area contributed by atoms with Gasteiger partial charge in [0, 0.05) is 18.0 Å². The fourth-order valence-corrected chi connectivity index (χ4v) is 2.63. The fraction of sp³-hybridized carbons (Fsp3) is 0.692. The zero-order chi connectivity index (χ0) is 14.3. The van der Waals surface area contributed by atoms with Crippen LogP contribution in [0.3, 0.4) is 0 Å². The highest BCUT2D eigenvalue weighted by Gasteiger charge is 2.13. The number of urea groups is 1. The molecular weight excluding hydrogens is 262 g/mol. The Kier molecular flexibility index (Phi) is 6.80. The van der Waals surface area contributed by atoms with Crippen LogP contribution in [0.4, 0.5) is 4.79 Å². The first-order valence-electron chi connectivity index (χ1n) is 6.65. The van der Waals surface area contributed by atoms with Crippen molar-refractivity contribution >= 4 is 17.4 Å². The van der Waals surface area contributed by atoms with Crippen LogP contribution in [-0.2, 0) is 6.54 Å². The molecule has 19 heavy (non-hydrogen) atoms. The summed E-state index contributed by atoms with van der Waals surface area (Å²) in [4.78, 5) is 19.2. The van der Waals surface area contributed by atoms with E-state index in [1.807, 2.05) is 13.8 Å². The summed E-state index contributed by atoms with van der Waals surface area (Å²) in [5, 5.41) is 12.9. The largest absolute Gasteiger partial charge is 0.395 e. The summed E-state index contributed by atoms with van der Waals surface area (Å²) in [5.41, 5.74) is 0.926. The van der Waals surface area contributed by atoms with Gasteiger partial charge < -0.3 is 15.3 Å². The van der Waals surface area contributed by atoms with Gasteiger partial charge in [0.05, 0.1) is 23.9 Å². The van der Waals surface area contributed by atoms with Gasteiger partial charge in [-0.05, 0) is 20.3 Å². The highest BCUT2D eigenvalue weighted by Crippen LogP contribution is 2.15. The molecule has 0 aliphatic rings. The van der Waals surface area contributed by atoms with Crippen molar-refractivity contribution in [2.24, 2.45) is 0 Å². The highest BCUT2D eigenvalue weighted by atomic mass is 32.1. The Labute approximate surface area is 118 Å². The number of rotatable bonds is 7. The summed E-state index contributed by atoms with van der Waals surface area (Å²) in [7, 11) is 0. The molecule has 0 saturated carbocycles. The fourth-order valence-electron chi connectivity index (χ4n) is 1.79. The third kappa shape index (κ3) is 5.16. The summed E-state index contributed by atoms with van der Waals surface area (Å²) >= 11 is 1.64. The van der Waals surface area contributed by atoms with E-state index >= 15 is 0 Å². The number of aliphatic hydroxyl groups is 1. The molecule has 1 aromatic heterocycles. The quantitative estimate of drug-likeness (QED) is 0.806. The number of nitrogens with one attached hydrogen (secondary N) is 1. The Morgan fingerprint density at radius 2 is 2.16 bits per heavy atom. The molecule has 0 aliphatic carbocycles. The second-order valence-electron chi connectivity index (χ2n) is 4.46. The third-order valence-electron chi connectivity index (χ3n) is 2.85. The average molecular weight is 285 g/mol. The van der Waals surface area contributed by atoms with Gasteiger partial charge in [-0.3, -0.25) is 0 Å². The predicted octanol–water partition coefficient (Wildman–Crippen LogP) is 2.06. The van der Waals surface area contributed by atoms with Crippen molar-refractivity contribution in [2.75, 3.05) is 19.7 Å². The van der Waals surface area contributed by atoms with Crippen molar-refractivity contribution in [3.63, 3.8) is 0 Å². The lowest BCUT2D eigenvalue weighted by atomic mass is 10.3. The zero-order valence-electron chi connectivity index (χ0n) is 11.9. The van der Waals surface area contributed by atoms with E-state index in [4.69, 9.17) is 5.11 Å². The maximum atomic E-state index is 12.0. The van der Waals surface area contributed by atoms with Crippen molar-refractivity contribution in [3.05, 3.63) is 15.6 Å². The van der Waals surface area contributed by atoms with E-state index in [2.05, 4.69) is 17.2 Å². The molecular formula is C13H23N3O2S. The van der Waals surface area contributed by atoms with Gasteiger partial charge >= 0.3 is 6.03 Å². The van der Waals surface area contributed by atoms with Crippen LogP contribution in [0.15, 0.2) is 0 Å². The molecule has 0 saturated heterocycles. The molecule has 2 N–H and O–H groups in total. The molecule has 0 spiro atoms. The van der Waals surface area contributed by atoms with Crippen molar-refractivity contribution < 1.29 is 9.90 Å². The van der Waals surface area contributed by atoms with Crippen LogP contribution in [0.2, 0.25) is 0 Å². The SMILES string of the molecule is CCCCN(CCO)C(=O)NCc1nc(C)sc1C. The summed E-state index contributed by atoms with van der Waals surface area (Å²) in [6.07, 6.45) is 1.97. The standard InChI is InChI=1S/C13H23N3O2S/c1-4-5-6-16(7-8-17)13(18)14-9-12-10(2)19-11(3)15-12/h17H,4-9H2,1-3H3,(H,14,18). The molecule has 108 valence electrons. The second-order valence-corrected chi connectivity index (χ2v) is 5.87. The number of hydrogen-bond donors (Lipinski definition) is 2. The first-order chi connectivity index (χ1) is 9.08. The summed E-state index contributed by atoms with van der Waals surface area (Å²) in [6, 6.07) is -0.132. The molecule has 2 amide bonds. The van der Waals surface area contributed by atoms with Crippen molar-refractivity contribution in [3.8, 4) is 0 Å². The Bertz CT molecular complexity index is 407. The van der Waals surface area contributed by atoms with Gasteiger partial charge in [-0.25, -0.2) is 9.78 Å². The van der Waals surface area contributed by atoms with E-state index in [9.17, 15) is 4.79 Å². The first-order valence-corrected chi connectivity index (χ1v) is 7.46. The van der Waals surface area contributed by atoms with Gasteiger partial charge in [0.25, 0.3) is 0 Å². The monoisotopic (exact) mass is 285 g/mol. The molecule has 0 bridgehead atoms. The van der Waals surface area contributed by atoms with Crippen molar-refractivity contribution in [2.45, 2.75) is 40.2 Å². The van der Waals surface area contributed by atoms with Crippen LogP contribution >= 0.6 is 11.3 Å². The number of aryl methyl sites for hydroxylation is 2. The third-order valence-corrected chi connectivity index (χ3v) is 3.77. The van der Waals surface area contributed by atoms with Crippen LogP contribution in [0, 0.1) is 13.8 Å². The molecule has 0 radical (unpaired) electrons. The minimum atomic E-state index is -0.132. The molecule has 1 rings (SSSR count). The average Bonchev–Trinajstić information content (AvgIpc) is 2.70. The maximum absolute atomic E-state index is 12.0. The van der Waals surface area contributed by atoms with Gasteiger partial charge in [-0.2, -0.15) is 0 Å². The lowest BCUT2D eigenvalue weighted by Crippen LogP contribution is -2.41. The molecule has 5 nitrogen and oxygen atoms in total. The number of carbonyl (C=O) groups excluding carboxylic acids is 1. The summed E-state index contributed by atoms with van der Waals surface area (Å²) < 4.78 is 0. The summed E-state index contributed by atoms with van der Waals surface area (Å²) in [6.45, 7) is 7.54. The Morgan fingerprint density at radius 1 is 1.42 bits per heavy atom. The number of carbonyl (C=O) groups is 1. The summed E-state index contributed by atoms with van der Waals surface area (Å²) in [5.74, 6) is 0. The maximum Gasteiger partial charge on any atom is 0.317 e. The van der Waals surface area contributed by atoms with Crippen LogP contribution in [0.1, 0.15) is 35.3 Å². The van der Waals surface area contributed by atoms with Crippen molar-refractivity contribution in [1.82, 2.24) is 15.2 Å². The molecule has 1 aromatic rings. The van der Waals surface area contributed by atoms with E-state index in [-0.39, 0.29) is 12.6 Å². The molecule has 0 aromatic carbocycles. The molecule has 0 atom stereocenters. The van der Waals surface area contributed by atoms with E-state index in [1.165, 1.54) is 0 Å². The Balaban J connectivity index is 2.49. The number of aliphatic hydroxyl groups excluding tert-OH is 1. The van der Waals surface area contributed by atoms with Crippen LogP contribution in [0.25, 0.3) is 0 Å².